The van der Waals surface area contributed by atoms with Gasteiger partial charge in [0.2, 0.25) is 0 Å². The van der Waals surface area contributed by atoms with Gasteiger partial charge < -0.3 is 26.6 Å². The molecule has 0 aromatic heterocycles. The highest BCUT2D eigenvalue weighted by Gasteiger charge is 2.21. The molecular weight excluding hydrogens is 310 g/mol. The third-order valence-electron chi connectivity index (χ3n) is 3.57. The maximum absolute atomic E-state index is 12.1. The van der Waals surface area contributed by atoms with E-state index in [0.29, 0.717) is 32.4 Å². The number of nitrogens with two attached hydrogens (primary N) is 2. The van der Waals surface area contributed by atoms with E-state index in [1.165, 1.54) is 0 Å². The molecule has 0 spiro atoms. The molecule has 0 aliphatic carbocycles. The topological polar surface area (TPSA) is 128 Å². The Hall–Kier alpha value is -2.28. The molecule has 0 saturated heterocycles. The second-order valence-corrected chi connectivity index (χ2v) is 5.63. The van der Waals surface area contributed by atoms with Crippen LogP contribution >= 0.6 is 0 Å². The number of phenols is 1. The molecule has 24 heavy (non-hydrogen) atoms. The fraction of sp³-hybridized carbons (Fsp3) is 0.529. The summed E-state index contributed by atoms with van der Waals surface area (Å²) in [5.41, 5.74) is 11.4. The molecule has 0 heterocycles. The van der Waals surface area contributed by atoms with Crippen LogP contribution in [-0.2, 0) is 16.0 Å². The SMILES string of the molecule is NCCCCCNC(=O)C(CCCc1cccc(O)c1)OC(N)=O. The van der Waals surface area contributed by atoms with Gasteiger partial charge in [-0.15, -0.1) is 0 Å². The Balaban J connectivity index is 2.40. The van der Waals surface area contributed by atoms with Crippen LogP contribution < -0.4 is 16.8 Å². The van der Waals surface area contributed by atoms with Crippen molar-refractivity contribution in [1.82, 2.24) is 5.32 Å². The van der Waals surface area contributed by atoms with Gasteiger partial charge >= 0.3 is 6.09 Å². The van der Waals surface area contributed by atoms with Crippen LogP contribution in [-0.4, -0.2) is 36.3 Å². The number of primary amides is 1. The summed E-state index contributed by atoms with van der Waals surface area (Å²) in [4.78, 5) is 23.1. The molecule has 7 heteroatoms. The Morgan fingerprint density at radius 1 is 1.21 bits per heavy atom. The van der Waals surface area contributed by atoms with Crippen molar-refractivity contribution in [2.45, 2.75) is 44.6 Å². The van der Waals surface area contributed by atoms with E-state index in [-0.39, 0.29) is 11.7 Å². The standard InChI is InChI=1S/C17H27N3O4/c18-10-2-1-3-11-20-16(22)15(24-17(19)23)9-5-7-13-6-4-8-14(21)12-13/h4,6,8,12,15,21H,1-3,5,7,9-11,18H2,(H2,19,23)(H,20,22). The molecule has 0 aliphatic rings. The van der Waals surface area contributed by atoms with Crippen LogP contribution in [0.25, 0.3) is 0 Å². The smallest absolute Gasteiger partial charge is 0.405 e. The van der Waals surface area contributed by atoms with E-state index in [1.807, 2.05) is 6.07 Å². The number of amides is 2. The van der Waals surface area contributed by atoms with Crippen molar-refractivity contribution in [1.29, 1.82) is 0 Å². The average molecular weight is 337 g/mol. The second-order valence-electron chi connectivity index (χ2n) is 5.63. The molecular formula is C17H27N3O4. The van der Waals surface area contributed by atoms with Gasteiger partial charge in [0.25, 0.3) is 5.91 Å². The Morgan fingerprint density at radius 3 is 2.67 bits per heavy atom. The van der Waals surface area contributed by atoms with Crippen LogP contribution in [0.5, 0.6) is 5.75 Å². The zero-order valence-corrected chi connectivity index (χ0v) is 13.9. The first kappa shape index (κ1) is 19.8. The third kappa shape index (κ3) is 8.38. The molecule has 0 bridgehead atoms. The normalized spacial score (nSPS) is 11.7. The fourth-order valence-electron chi connectivity index (χ4n) is 2.36. The van der Waals surface area contributed by atoms with E-state index in [2.05, 4.69) is 5.32 Å². The van der Waals surface area contributed by atoms with Gasteiger partial charge in [-0.1, -0.05) is 18.6 Å². The first-order valence-corrected chi connectivity index (χ1v) is 8.24. The molecule has 1 aromatic rings. The zero-order chi connectivity index (χ0) is 17.8. The van der Waals surface area contributed by atoms with Crippen LogP contribution in [0.4, 0.5) is 4.79 Å². The van der Waals surface area contributed by atoms with E-state index in [1.54, 1.807) is 18.2 Å². The van der Waals surface area contributed by atoms with Crippen LogP contribution in [0, 0.1) is 0 Å². The molecule has 0 fully saturated rings. The monoisotopic (exact) mass is 337 g/mol. The Morgan fingerprint density at radius 2 is 2.00 bits per heavy atom. The molecule has 0 aliphatic heterocycles. The van der Waals surface area contributed by atoms with E-state index in [9.17, 15) is 14.7 Å². The number of benzene rings is 1. The highest BCUT2D eigenvalue weighted by Crippen LogP contribution is 2.14. The van der Waals surface area contributed by atoms with Crippen molar-refractivity contribution in [3.05, 3.63) is 29.8 Å². The van der Waals surface area contributed by atoms with Gasteiger partial charge in [-0.2, -0.15) is 0 Å². The van der Waals surface area contributed by atoms with Gasteiger partial charge in [-0.3, -0.25) is 4.79 Å². The van der Waals surface area contributed by atoms with Gasteiger partial charge in [0.15, 0.2) is 6.10 Å². The number of nitrogens with one attached hydrogen (secondary N) is 1. The first-order chi connectivity index (χ1) is 11.5. The summed E-state index contributed by atoms with van der Waals surface area (Å²) in [6.07, 6.45) is 2.49. The van der Waals surface area contributed by atoms with Crippen molar-refractivity contribution in [3.63, 3.8) is 0 Å². The van der Waals surface area contributed by atoms with Crippen LogP contribution in [0.3, 0.4) is 0 Å². The molecule has 1 aromatic carbocycles. The average Bonchev–Trinajstić information content (AvgIpc) is 2.53. The molecule has 7 nitrogen and oxygen atoms in total. The third-order valence-corrected chi connectivity index (χ3v) is 3.57. The van der Waals surface area contributed by atoms with Gasteiger partial charge in [0.1, 0.15) is 5.75 Å². The lowest BCUT2D eigenvalue weighted by molar-refractivity contribution is -0.129. The lowest BCUT2D eigenvalue weighted by Crippen LogP contribution is -2.39. The molecule has 1 unspecified atom stereocenters. The quantitative estimate of drug-likeness (QED) is 0.454. The molecule has 1 atom stereocenters. The maximum atomic E-state index is 12.1. The number of aromatic hydroxyl groups is 1. The summed E-state index contributed by atoms with van der Waals surface area (Å²) in [5.74, 6) is -0.134. The minimum Gasteiger partial charge on any atom is -0.508 e. The zero-order valence-electron chi connectivity index (χ0n) is 13.9. The summed E-state index contributed by atoms with van der Waals surface area (Å²) >= 11 is 0. The van der Waals surface area contributed by atoms with Crippen molar-refractivity contribution >= 4 is 12.0 Å². The van der Waals surface area contributed by atoms with Gasteiger partial charge in [-0.05, 0) is 56.3 Å². The summed E-state index contributed by atoms with van der Waals surface area (Å²) in [7, 11) is 0. The molecule has 1 rings (SSSR count). The van der Waals surface area contributed by atoms with Crippen LogP contribution in [0.1, 0.15) is 37.7 Å². The molecule has 0 saturated carbocycles. The Bertz CT molecular complexity index is 522. The van der Waals surface area contributed by atoms with E-state index in [0.717, 1.165) is 24.8 Å². The van der Waals surface area contributed by atoms with Crippen LogP contribution in [0.2, 0.25) is 0 Å². The minimum absolute atomic E-state index is 0.202. The first-order valence-electron chi connectivity index (χ1n) is 8.24. The lowest BCUT2D eigenvalue weighted by Gasteiger charge is -2.16. The lowest BCUT2D eigenvalue weighted by atomic mass is 10.1. The summed E-state index contributed by atoms with van der Waals surface area (Å²) in [6, 6.07) is 6.92. The second kappa shape index (κ2) is 11.3. The van der Waals surface area contributed by atoms with Gasteiger partial charge in [0.05, 0.1) is 0 Å². The largest absolute Gasteiger partial charge is 0.508 e. The fourth-order valence-corrected chi connectivity index (χ4v) is 2.36. The van der Waals surface area contributed by atoms with Gasteiger partial charge in [0, 0.05) is 6.54 Å². The van der Waals surface area contributed by atoms with E-state index in [4.69, 9.17) is 16.2 Å². The Labute approximate surface area is 142 Å². The number of phenolic OH excluding ortho intramolecular Hbond substituents is 1. The number of aryl methyl sites for hydroxylation is 1. The van der Waals surface area contributed by atoms with Crippen molar-refractivity contribution in [2.24, 2.45) is 11.5 Å². The highest BCUT2D eigenvalue weighted by atomic mass is 16.6. The number of rotatable bonds is 11. The van der Waals surface area contributed by atoms with E-state index < -0.39 is 12.2 Å². The van der Waals surface area contributed by atoms with Crippen molar-refractivity contribution in [3.8, 4) is 5.75 Å². The highest BCUT2D eigenvalue weighted by molar-refractivity contribution is 5.83. The van der Waals surface area contributed by atoms with E-state index >= 15 is 0 Å². The predicted octanol–water partition coefficient (Wildman–Crippen LogP) is 1.42. The number of carbonyl (C=O) groups is 2. The number of hydrogen-bond acceptors (Lipinski definition) is 5. The van der Waals surface area contributed by atoms with Crippen LogP contribution in [0.15, 0.2) is 24.3 Å². The predicted molar refractivity (Wildman–Crippen MR) is 91.4 cm³/mol. The summed E-state index contributed by atoms with van der Waals surface area (Å²) in [6.45, 7) is 1.15. The number of unbranched alkanes of at least 4 members (excludes halogenated alkanes) is 2. The van der Waals surface area contributed by atoms with Crippen molar-refractivity contribution < 1.29 is 19.4 Å². The summed E-state index contributed by atoms with van der Waals surface area (Å²) in [5, 5.41) is 12.2. The summed E-state index contributed by atoms with van der Waals surface area (Å²) < 4.78 is 4.91. The number of carbonyl (C=O) groups excluding carboxylic acids is 2. The minimum atomic E-state index is -0.962. The molecule has 6 N–H and O–H groups in total. The molecule has 134 valence electrons. The number of hydrogen-bond donors (Lipinski definition) is 4. The molecule has 2 amide bonds. The maximum Gasteiger partial charge on any atom is 0.405 e. The molecule has 0 radical (unpaired) electrons. The number of ether oxygens (including phenoxy) is 1. The Kier molecular flexibility index (Phi) is 9.29. The van der Waals surface area contributed by atoms with Crippen molar-refractivity contribution in [2.75, 3.05) is 13.1 Å². The van der Waals surface area contributed by atoms with Gasteiger partial charge in [-0.25, -0.2) is 4.79 Å².